The predicted octanol–water partition coefficient (Wildman–Crippen LogP) is -0.998. The normalized spacial score (nSPS) is 9.09. The first-order valence-corrected chi connectivity index (χ1v) is 2.95. The molecule has 0 saturated heterocycles. The van der Waals surface area contributed by atoms with Crippen LogP contribution in [0.15, 0.2) is 12.7 Å². The summed E-state index contributed by atoms with van der Waals surface area (Å²) < 4.78 is 0. The van der Waals surface area contributed by atoms with Gasteiger partial charge in [0.1, 0.15) is 0 Å². The number of nitrogens with one attached hydrogen (secondary N) is 2. The minimum atomic E-state index is -0.255. The summed E-state index contributed by atoms with van der Waals surface area (Å²) in [4.78, 5) is 10.6. The van der Waals surface area contributed by atoms with Gasteiger partial charge in [-0.25, -0.2) is 0 Å². The second-order valence-electron chi connectivity index (χ2n) is 1.75. The molecule has 0 unspecified atom stereocenters. The average Bonchev–Trinajstić information content (AvgIpc) is 2.52. The molecule has 1 rings (SSSR count). The molecule has 6 nitrogen and oxygen atoms in total. The number of H-pyrrole nitrogens is 1. The third-order valence-electron chi connectivity index (χ3n) is 0.995. The number of tetrazole rings is 1. The summed E-state index contributed by atoms with van der Waals surface area (Å²) in [6, 6.07) is 0. The van der Waals surface area contributed by atoms with Crippen LogP contribution in [0.5, 0.6) is 0 Å². The molecule has 0 aliphatic rings. The van der Waals surface area contributed by atoms with E-state index in [1.807, 2.05) is 0 Å². The summed E-state index contributed by atoms with van der Waals surface area (Å²) in [7, 11) is 0. The molecule has 0 bridgehead atoms. The summed E-state index contributed by atoms with van der Waals surface area (Å²) >= 11 is 0. The number of hydrogen-bond acceptors (Lipinski definition) is 4. The second-order valence-corrected chi connectivity index (χ2v) is 1.75. The van der Waals surface area contributed by atoms with Crippen molar-refractivity contribution >= 4 is 5.91 Å². The molecule has 58 valence electrons. The van der Waals surface area contributed by atoms with Crippen LogP contribution in [-0.4, -0.2) is 26.5 Å². The van der Waals surface area contributed by atoms with Crippen LogP contribution in [0.4, 0.5) is 0 Å². The number of carbonyl (C=O) groups excluding carboxylic acids is 1. The van der Waals surface area contributed by atoms with Crippen LogP contribution in [0.2, 0.25) is 0 Å². The molecular formula is C5H7N5O. The van der Waals surface area contributed by atoms with E-state index in [1.54, 1.807) is 0 Å². The fourth-order valence-electron chi connectivity index (χ4n) is 0.496. The molecule has 0 aromatic carbocycles. The van der Waals surface area contributed by atoms with Crippen LogP contribution < -0.4 is 5.32 Å². The maximum atomic E-state index is 10.6. The van der Waals surface area contributed by atoms with Crippen molar-refractivity contribution < 1.29 is 4.79 Å². The number of aromatic amines is 1. The Morgan fingerprint density at radius 3 is 3.18 bits per heavy atom. The highest BCUT2D eigenvalue weighted by Gasteiger charge is 1.98. The van der Waals surface area contributed by atoms with Gasteiger partial charge in [-0.05, 0) is 6.08 Å². The number of nitrogens with zero attached hydrogens (tertiary/aromatic N) is 3. The van der Waals surface area contributed by atoms with Gasteiger partial charge in [0.05, 0.1) is 6.54 Å². The largest absolute Gasteiger partial charge is 0.345 e. The van der Waals surface area contributed by atoms with Crippen molar-refractivity contribution in [2.24, 2.45) is 0 Å². The Balaban J connectivity index is 2.34. The lowest BCUT2D eigenvalue weighted by Gasteiger charge is -1.94. The van der Waals surface area contributed by atoms with Crippen LogP contribution in [0, 0.1) is 0 Å². The second kappa shape index (κ2) is 3.45. The number of carbonyl (C=O) groups is 1. The van der Waals surface area contributed by atoms with E-state index in [1.165, 1.54) is 6.08 Å². The van der Waals surface area contributed by atoms with Crippen LogP contribution in [-0.2, 0) is 11.3 Å². The van der Waals surface area contributed by atoms with E-state index in [2.05, 4.69) is 32.5 Å². The average molecular weight is 153 g/mol. The Morgan fingerprint density at radius 2 is 2.64 bits per heavy atom. The lowest BCUT2D eigenvalue weighted by molar-refractivity contribution is -0.116. The number of amides is 1. The van der Waals surface area contributed by atoms with Crippen molar-refractivity contribution in [1.82, 2.24) is 25.9 Å². The van der Waals surface area contributed by atoms with E-state index in [0.29, 0.717) is 5.82 Å². The van der Waals surface area contributed by atoms with Crippen LogP contribution in [0.3, 0.4) is 0 Å². The SMILES string of the molecule is C=CC(=O)NCc1nn[nH]n1. The molecule has 1 aromatic rings. The molecule has 0 radical (unpaired) electrons. The van der Waals surface area contributed by atoms with Gasteiger partial charge in [0, 0.05) is 0 Å². The standard InChI is InChI=1S/C5H7N5O/c1-2-5(11)6-3-4-7-9-10-8-4/h2H,1,3H2,(H,6,11)(H,7,8,9,10). The minimum Gasteiger partial charge on any atom is -0.345 e. The third-order valence-corrected chi connectivity index (χ3v) is 0.995. The molecule has 0 spiro atoms. The van der Waals surface area contributed by atoms with Gasteiger partial charge in [0.25, 0.3) is 0 Å². The number of rotatable bonds is 3. The van der Waals surface area contributed by atoms with E-state index < -0.39 is 0 Å². The Bertz CT molecular complexity index is 241. The summed E-state index contributed by atoms with van der Waals surface area (Å²) in [5, 5.41) is 15.3. The third kappa shape index (κ3) is 2.17. The van der Waals surface area contributed by atoms with Gasteiger partial charge in [-0.3, -0.25) is 4.79 Å². The van der Waals surface area contributed by atoms with Crippen LogP contribution in [0.1, 0.15) is 5.82 Å². The number of aromatic nitrogens is 4. The maximum absolute atomic E-state index is 10.6. The van der Waals surface area contributed by atoms with Crippen LogP contribution >= 0.6 is 0 Å². The highest BCUT2D eigenvalue weighted by molar-refractivity contribution is 5.86. The van der Waals surface area contributed by atoms with Gasteiger partial charge in [-0.1, -0.05) is 11.8 Å². The molecule has 0 atom stereocenters. The topological polar surface area (TPSA) is 83.6 Å². The molecule has 0 aliphatic carbocycles. The molecule has 11 heavy (non-hydrogen) atoms. The summed E-state index contributed by atoms with van der Waals surface area (Å²) in [6.07, 6.45) is 1.18. The molecule has 0 aliphatic heterocycles. The Hall–Kier alpha value is -1.72. The summed E-state index contributed by atoms with van der Waals surface area (Å²) in [6.45, 7) is 3.55. The first-order chi connectivity index (χ1) is 5.33. The predicted molar refractivity (Wildman–Crippen MR) is 36.2 cm³/mol. The quantitative estimate of drug-likeness (QED) is 0.545. The molecule has 2 N–H and O–H groups in total. The lowest BCUT2D eigenvalue weighted by atomic mass is 10.5. The van der Waals surface area contributed by atoms with E-state index >= 15 is 0 Å². The molecule has 1 aromatic heterocycles. The fraction of sp³-hybridized carbons (Fsp3) is 0.200. The van der Waals surface area contributed by atoms with E-state index in [0.717, 1.165) is 0 Å². The Morgan fingerprint density at radius 1 is 1.82 bits per heavy atom. The zero-order valence-electron chi connectivity index (χ0n) is 5.74. The lowest BCUT2D eigenvalue weighted by Crippen LogP contribution is -2.20. The van der Waals surface area contributed by atoms with Crippen LogP contribution in [0.25, 0.3) is 0 Å². The van der Waals surface area contributed by atoms with E-state index in [-0.39, 0.29) is 12.5 Å². The van der Waals surface area contributed by atoms with Gasteiger partial charge < -0.3 is 5.32 Å². The summed E-state index contributed by atoms with van der Waals surface area (Å²) in [5.41, 5.74) is 0. The highest BCUT2D eigenvalue weighted by Crippen LogP contribution is 1.80. The maximum Gasteiger partial charge on any atom is 0.243 e. The zero-order chi connectivity index (χ0) is 8.10. The first kappa shape index (κ1) is 7.39. The monoisotopic (exact) mass is 153 g/mol. The van der Waals surface area contributed by atoms with E-state index in [9.17, 15) is 4.79 Å². The van der Waals surface area contributed by atoms with Crippen molar-refractivity contribution in [2.75, 3.05) is 0 Å². The summed E-state index contributed by atoms with van der Waals surface area (Å²) in [5.74, 6) is 0.190. The van der Waals surface area contributed by atoms with Crippen molar-refractivity contribution in [3.63, 3.8) is 0 Å². The van der Waals surface area contributed by atoms with Gasteiger partial charge in [-0.2, -0.15) is 5.21 Å². The van der Waals surface area contributed by atoms with Gasteiger partial charge >= 0.3 is 0 Å². The van der Waals surface area contributed by atoms with Crippen molar-refractivity contribution in [2.45, 2.75) is 6.54 Å². The van der Waals surface area contributed by atoms with Crippen molar-refractivity contribution in [1.29, 1.82) is 0 Å². The van der Waals surface area contributed by atoms with Gasteiger partial charge in [-0.15, -0.1) is 10.2 Å². The molecule has 1 amide bonds. The molecule has 1 heterocycles. The van der Waals surface area contributed by atoms with E-state index in [4.69, 9.17) is 0 Å². The molecule has 6 heteroatoms. The number of hydrogen-bond donors (Lipinski definition) is 2. The van der Waals surface area contributed by atoms with Crippen molar-refractivity contribution in [3.8, 4) is 0 Å². The van der Waals surface area contributed by atoms with Gasteiger partial charge in [0.15, 0.2) is 5.82 Å². The van der Waals surface area contributed by atoms with Gasteiger partial charge in [0.2, 0.25) is 5.91 Å². The smallest absolute Gasteiger partial charge is 0.243 e. The first-order valence-electron chi connectivity index (χ1n) is 2.95. The molecule has 0 saturated carbocycles. The Kier molecular flexibility index (Phi) is 2.32. The molecular weight excluding hydrogens is 146 g/mol. The molecule has 0 fully saturated rings. The Labute approximate surface area is 62.7 Å². The van der Waals surface area contributed by atoms with Crippen molar-refractivity contribution in [3.05, 3.63) is 18.5 Å². The minimum absolute atomic E-state index is 0.255. The highest BCUT2D eigenvalue weighted by atomic mass is 16.1. The fourth-order valence-corrected chi connectivity index (χ4v) is 0.496. The zero-order valence-corrected chi connectivity index (χ0v) is 5.74.